The number of amides is 4. The average Bonchev–Trinajstić information content (AvgIpc) is 0.817. The van der Waals surface area contributed by atoms with Gasteiger partial charge in [0, 0.05) is 49.9 Å². The first-order chi connectivity index (χ1) is 55.1. The molecule has 44 nitrogen and oxygen atoms in total. The van der Waals surface area contributed by atoms with Crippen molar-refractivity contribution in [1.82, 2.24) is 21.3 Å². The van der Waals surface area contributed by atoms with Crippen molar-refractivity contribution in [1.29, 1.82) is 0 Å². The van der Waals surface area contributed by atoms with Crippen molar-refractivity contribution in [2.75, 3.05) is 26.2 Å². The molecule has 0 heterocycles. The third kappa shape index (κ3) is 51.5. The van der Waals surface area contributed by atoms with Crippen molar-refractivity contribution in [3.63, 3.8) is 0 Å². The standard InChI is InChI=1S/4C18H31NO10S.4Na/c4*1-3-4-5-6-7-8-9-12(18(2,16(23)24)17(25)26)11-19-14(20)10-13(15(21)22)30(27,28)29;;;;/h4*12-13H,3-11H2,1-2H3,(H,19,20)(H,21,22)(H,23,24)(H,25,26)(H,27,28,29);;;;/q;;;;4*+1/p-4. The first-order valence-electron chi connectivity index (χ1n) is 38.8. The summed E-state index contributed by atoms with van der Waals surface area (Å²) >= 11 is 0. The van der Waals surface area contributed by atoms with Gasteiger partial charge in [0.2, 0.25) is 23.6 Å². The van der Waals surface area contributed by atoms with E-state index in [1.807, 2.05) is 0 Å². The zero-order valence-electron chi connectivity index (χ0n) is 72.5. The molecule has 124 heavy (non-hydrogen) atoms. The molecule has 8 atom stereocenters. The number of rotatable bonds is 64. The fraction of sp³-hybridized carbons (Fsp3) is 0.778. The number of hydrogen-bond donors (Lipinski definition) is 16. The number of carbonyl (C=O) groups excluding carboxylic acids is 4. The molecular weight excluding hydrogens is 1780 g/mol. The van der Waals surface area contributed by atoms with Gasteiger partial charge in [-0.15, -0.1) is 0 Å². The molecule has 8 unspecified atom stereocenters. The Morgan fingerprint density at radius 3 is 0.468 bits per heavy atom. The Morgan fingerprint density at radius 2 is 0.363 bits per heavy atom. The van der Waals surface area contributed by atoms with Gasteiger partial charge in [0.15, 0.2) is 42.7 Å². The largest absolute Gasteiger partial charge is 1.00 e. The van der Waals surface area contributed by atoms with E-state index >= 15 is 0 Å². The minimum Gasteiger partial charge on any atom is -0.747 e. The maximum atomic E-state index is 12.0. The fourth-order valence-electron chi connectivity index (χ4n) is 12.0. The summed E-state index contributed by atoms with van der Waals surface area (Å²) < 4.78 is 132. The van der Waals surface area contributed by atoms with Gasteiger partial charge in [0.05, 0.1) is 25.7 Å². The van der Waals surface area contributed by atoms with Gasteiger partial charge in [-0.3, -0.25) is 76.7 Å². The van der Waals surface area contributed by atoms with E-state index in [9.17, 15) is 169 Å². The quantitative estimate of drug-likeness (QED) is 0.0116. The van der Waals surface area contributed by atoms with Crippen molar-refractivity contribution in [3.05, 3.63) is 0 Å². The molecule has 0 aromatic carbocycles. The number of aliphatic carboxylic acids is 12. The monoisotopic (exact) mass is 1900 g/mol. The molecule has 0 rings (SSSR count). The molecule has 52 heteroatoms. The van der Waals surface area contributed by atoms with Crippen molar-refractivity contribution < 1.29 is 308 Å². The number of hydrogen-bond acceptors (Lipinski definition) is 28. The molecule has 0 saturated heterocycles. The van der Waals surface area contributed by atoms with Crippen LogP contribution in [0.15, 0.2) is 0 Å². The number of unbranched alkanes of at least 4 members (excludes halogenated alkanes) is 20. The molecular formula is C72H120N4Na4O40S4. The Hall–Kier alpha value is -4.84. The van der Waals surface area contributed by atoms with Gasteiger partial charge in [-0.2, -0.15) is 0 Å². The molecule has 0 bridgehead atoms. The molecule has 0 aromatic rings. The second kappa shape index (κ2) is 67.4. The van der Waals surface area contributed by atoms with Crippen molar-refractivity contribution >= 4 is 136 Å². The summed E-state index contributed by atoms with van der Waals surface area (Å²) in [5.41, 5.74) is -8.86. The average molecular weight is 1900 g/mol. The molecule has 0 aliphatic carbocycles. The van der Waals surface area contributed by atoms with E-state index in [1.54, 1.807) is 0 Å². The first-order valence-corrected chi connectivity index (χ1v) is 44.6. The van der Waals surface area contributed by atoms with Gasteiger partial charge < -0.3 is 101 Å². The van der Waals surface area contributed by atoms with Crippen LogP contribution in [0, 0.1) is 45.3 Å². The summed E-state index contributed by atoms with van der Waals surface area (Å²) in [7, 11) is -21.1. The van der Waals surface area contributed by atoms with Crippen LogP contribution in [0.25, 0.3) is 0 Å². The van der Waals surface area contributed by atoms with Crippen molar-refractivity contribution in [2.24, 2.45) is 45.3 Å². The van der Waals surface area contributed by atoms with Crippen LogP contribution in [0.4, 0.5) is 0 Å². The molecule has 4 amide bonds. The molecule has 0 saturated carbocycles. The molecule has 0 fully saturated rings. The number of carboxylic acids is 12. The van der Waals surface area contributed by atoms with Gasteiger partial charge in [-0.25, -0.2) is 33.7 Å². The molecule has 0 aromatic heterocycles. The van der Waals surface area contributed by atoms with Crippen LogP contribution in [0.3, 0.4) is 0 Å². The summed E-state index contributed by atoms with van der Waals surface area (Å²) in [6.07, 6.45) is 17.1. The smallest absolute Gasteiger partial charge is 0.747 e. The Balaban J connectivity index is -0.000000239. The van der Waals surface area contributed by atoms with E-state index in [0.29, 0.717) is 25.7 Å². The number of carbonyl (C=O) groups is 16. The Bertz CT molecular complexity index is 3330. The zero-order valence-corrected chi connectivity index (χ0v) is 83.8. The van der Waals surface area contributed by atoms with Crippen LogP contribution in [0.2, 0.25) is 0 Å². The predicted octanol–water partition coefficient (Wildman–Crippen LogP) is -7.85. The van der Waals surface area contributed by atoms with E-state index in [4.69, 9.17) is 20.4 Å². The minimum absolute atomic E-state index is 0. The van der Waals surface area contributed by atoms with Crippen LogP contribution in [-0.4, -0.2) is 256 Å². The topological polar surface area (TPSA) is 793 Å². The van der Waals surface area contributed by atoms with Gasteiger partial charge in [-0.05, 0) is 53.4 Å². The molecule has 0 aliphatic heterocycles. The van der Waals surface area contributed by atoms with Crippen molar-refractivity contribution in [2.45, 2.75) is 282 Å². The fourth-order valence-corrected chi connectivity index (χ4v) is 14.4. The van der Waals surface area contributed by atoms with E-state index in [1.165, 1.54) is 0 Å². The van der Waals surface area contributed by atoms with Gasteiger partial charge in [0.25, 0.3) is 0 Å². The van der Waals surface area contributed by atoms with E-state index < -0.39 is 254 Å². The van der Waals surface area contributed by atoms with E-state index in [0.717, 1.165) is 156 Å². The molecule has 16 N–H and O–H groups in total. The molecule has 0 spiro atoms. The third-order valence-electron chi connectivity index (χ3n) is 20.6. The van der Waals surface area contributed by atoms with Gasteiger partial charge in [-0.1, -0.05) is 182 Å². The Morgan fingerprint density at radius 1 is 0.242 bits per heavy atom. The van der Waals surface area contributed by atoms with Gasteiger partial charge >= 0.3 is 190 Å². The van der Waals surface area contributed by atoms with E-state index in [-0.39, 0.29) is 144 Å². The second-order valence-electron chi connectivity index (χ2n) is 29.6. The Labute approximate surface area is 810 Å². The summed E-state index contributed by atoms with van der Waals surface area (Å²) in [5.74, 6) is -29.2. The van der Waals surface area contributed by atoms with Crippen LogP contribution < -0.4 is 139 Å². The predicted molar refractivity (Wildman–Crippen MR) is 414 cm³/mol. The second-order valence-corrected chi connectivity index (χ2v) is 35.8. The summed E-state index contributed by atoms with van der Waals surface area (Å²) in [6, 6.07) is 0. The van der Waals surface area contributed by atoms with Crippen LogP contribution in [0.5, 0.6) is 0 Å². The summed E-state index contributed by atoms with van der Waals surface area (Å²) in [4.78, 5) is 184. The number of nitrogens with one attached hydrogen (secondary N) is 4. The van der Waals surface area contributed by atoms with Crippen LogP contribution in [0.1, 0.15) is 261 Å². The SMILES string of the molecule is CCCCCCCCC(CNC(=O)CC(C(=O)O)S(=O)(=O)[O-])C(C)(C(=O)O)C(=O)O.CCCCCCCCC(CNC(=O)CC(C(=O)O)S(=O)(=O)[O-])C(C)(C(=O)O)C(=O)O.CCCCCCCCC(CNC(=O)CC(C(=O)O)S(=O)(=O)[O-])C(C)(C(=O)O)C(=O)O.CCCCCCCCC(CNC(=O)CC(C(=O)O)S(=O)(=O)[O-])C(C)(C(=O)O)C(=O)O.[Na+].[Na+].[Na+].[Na+]. The van der Waals surface area contributed by atoms with Gasteiger partial charge in [0.1, 0.15) is 40.5 Å². The maximum Gasteiger partial charge on any atom is 1.00 e. The normalized spacial score (nSPS) is 13.5. The van der Waals surface area contributed by atoms with Crippen molar-refractivity contribution in [3.8, 4) is 0 Å². The summed E-state index contributed by atoms with van der Waals surface area (Å²) in [5, 5.41) is 110. The maximum absolute atomic E-state index is 12.0. The molecule has 0 radical (unpaired) electrons. The van der Waals surface area contributed by atoms with Crippen LogP contribution >= 0.6 is 0 Å². The van der Waals surface area contributed by atoms with Crippen LogP contribution in [-0.2, 0) is 117 Å². The third-order valence-corrected chi connectivity index (χ3v) is 24.9. The molecule has 0 aliphatic rings. The minimum atomic E-state index is -5.28. The number of carboxylic acid groups (broad SMARTS) is 12. The summed E-state index contributed by atoms with van der Waals surface area (Å²) in [6.45, 7) is 10.6. The van der Waals surface area contributed by atoms with E-state index in [2.05, 4.69) is 49.0 Å². The Kier molecular flexibility index (Phi) is 73.2. The zero-order chi connectivity index (χ0) is 94.1. The molecule has 696 valence electrons. The first kappa shape index (κ1) is 135.